The van der Waals surface area contributed by atoms with Crippen LogP contribution in [0.15, 0.2) is 18.2 Å². The van der Waals surface area contributed by atoms with E-state index in [0.717, 1.165) is 44.4 Å². The zero-order chi connectivity index (χ0) is 19.7. The van der Waals surface area contributed by atoms with Crippen molar-refractivity contribution in [2.45, 2.75) is 44.1 Å². The highest BCUT2D eigenvalue weighted by atomic mass is 35.5. The lowest BCUT2D eigenvalue weighted by atomic mass is 9.97. The van der Waals surface area contributed by atoms with Crippen LogP contribution < -0.4 is 10.6 Å². The molecule has 2 N–H and O–H groups in total. The third kappa shape index (κ3) is 5.07. The summed E-state index contributed by atoms with van der Waals surface area (Å²) in [5.41, 5.74) is 0.309. The fourth-order valence-corrected chi connectivity index (χ4v) is 4.55. The van der Waals surface area contributed by atoms with E-state index in [0.29, 0.717) is 31.6 Å². The van der Waals surface area contributed by atoms with Crippen molar-refractivity contribution in [1.82, 2.24) is 15.5 Å². The molecule has 5 nitrogen and oxygen atoms in total. The predicted molar refractivity (Wildman–Crippen MR) is 108 cm³/mol. The molecule has 4 atom stereocenters. The molecule has 1 saturated carbocycles. The molecule has 0 aromatic heterocycles. The van der Waals surface area contributed by atoms with Crippen molar-refractivity contribution < 1.29 is 18.4 Å². The van der Waals surface area contributed by atoms with Crippen LogP contribution in [0, 0.1) is 23.5 Å². The largest absolute Gasteiger partial charge is 0.354 e. The molecular formula is C21H28ClF2N3O2. The first-order valence-corrected chi connectivity index (χ1v) is 10.3. The number of carbonyl (C=O) groups excluding carboxylic acids is 2. The molecule has 4 rings (SSSR count). The summed E-state index contributed by atoms with van der Waals surface area (Å²) in [5.74, 6) is -1.08. The van der Waals surface area contributed by atoms with E-state index < -0.39 is 11.6 Å². The number of piperidine rings is 1. The van der Waals surface area contributed by atoms with Gasteiger partial charge in [0.1, 0.15) is 11.6 Å². The van der Waals surface area contributed by atoms with Gasteiger partial charge in [-0.05, 0) is 74.2 Å². The van der Waals surface area contributed by atoms with Crippen molar-refractivity contribution in [3.8, 4) is 0 Å². The molecule has 1 aromatic rings. The summed E-state index contributed by atoms with van der Waals surface area (Å²) in [7, 11) is 0. The molecule has 0 bridgehead atoms. The van der Waals surface area contributed by atoms with Crippen LogP contribution in [0.4, 0.5) is 8.78 Å². The molecule has 8 heteroatoms. The van der Waals surface area contributed by atoms with Gasteiger partial charge in [0.15, 0.2) is 0 Å². The van der Waals surface area contributed by atoms with Crippen molar-refractivity contribution in [1.29, 1.82) is 0 Å². The average molecular weight is 428 g/mol. The molecule has 3 fully saturated rings. The summed E-state index contributed by atoms with van der Waals surface area (Å²) in [5, 5.41) is 6.21. The standard InChI is InChI=1S/C21H27F2N3O2.ClH/c22-14-5-6-18(23)16(9-14)15-10-17(15)21(28)26-8-2-3-13(12-26)11-25-20(27)19-4-1-7-24-19;/h5-6,9,13,15,17,19,24H,1-4,7-8,10-12H2,(H,25,27);1H. The maximum Gasteiger partial charge on any atom is 0.237 e. The van der Waals surface area contributed by atoms with Crippen LogP contribution >= 0.6 is 12.4 Å². The van der Waals surface area contributed by atoms with Crippen molar-refractivity contribution in [2.75, 3.05) is 26.2 Å². The average Bonchev–Trinajstić information content (AvgIpc) is 3.30. The Balaban J connectivity index is 0.00000240. The molecule has 0 radical (unpaired) electrons. The quantitative estimate of drug-likeness (QED) is 0.759. The van der Waals surface area contributed by atoms with Gasteiger partial charge in [-0.1, -0.05) is 0 Å². The Labute approximate surface area is 176 Å². The predicted octanol–water partition coefficient (Wildman–Crippen LogP) is 2.60. The summed E-state index contributed by atoms with van der Waals surface area (Å²) >= 11 is 0. The molecule has 2 saturated heterocycles. The van der Waals surface area contributed by atoms with Crippen LogP contribution in [-0.4, -0.2) is 48.9 Å². The third-order valence-corrected chi connectivity index (χ3v) is 6.24. The van der Waals surface area contributed by atoms with E-state index in [1.54, 1.807) is 0 Å². The number of halogens is 3. The second kappa shape index (κ2) is 9.39. The van der Waals surface area contributed by atoms with Gasteiger partial charge in [0, 0.05) is 25.6 Å². The van der Waals surface area contributed by atoms with Crippen molar-refractivity contribution in [3.63, 3.8) is 0 Å². The zero-order valence-corrected chi connectivity index (χ0v) is 17.1. The van der Waals surface area contributed by atoms with Gasteiger partial charge in [0.05, 0.1) is 6.04 Å². The van der Waals surface area contributed by atoms with Gasteiger partial charge < -0.3 is 15.5 Å². The lowest BCUT2D eigenvalue weighted by molar-refractivity contribution is -0.134. The van der Waals surface area contributed by atoms with Gasteiger partial charge in [-0.15, -0.1) is 12.4 Å². The fourth-order valence-electron chi connectivity index (χ4n) is 4.55. The number of hydrogen-bond donors (Lipinski definition) is 2. The second-order valence-electron chi connectivity index (χ2n) is 8.30. The monoisotopic (exact) mass is 427 g/mol. The Kier molecular flexibility index (Phi) is 7.11. The summed E-state index contributed by atoms with van der Waals surface area (Å²) < 4.78 is 27.4. The number of rotatable bonds is 5. The Morgan fingerprint density at radius 1 is 1.21 bits per heavy atom. The highest BCUT2D eigenvalue weighted by Gasteiger charge is 2.47. The van der Waals surface area contributed by atoms with Gasteiger partial charge >= 0.3 is 0 Å². The first-order chi connectivity index (χ1) is 13.5. The summed E-state index contributed by atoms with van der Waals surface area (Å²) in [6, 6.07) is 3.35. The maximum atomic E-state index is 14.0. The van der Waals surface area contributed by atoms with Gasteiger partial charge in [0.2, 0.25) is 11.8 Å². The number of hydrogen-bond acceptors (Lipinski definition) is 3. The molecule has 0 spiro atoms. The minimum Gasteiger partial charge on any atom is -0.354 e. The summed E-state index contributed by atoms with van der Waals surface area (Å²) in [6.07, 6.45) is 4.36. The first kappa shape index (κ1) is 22.0. The fraction of sp³-hybridized carbons (Fsp3) is 0.619. The number of nitrogens with zero attached hydrogens (tertiary/aromatic N) is 1. The Bertz CT molecular complexity index is 757. The lowest BCUT2D eigenvalue weighted by Gasteiger charge is -2.33. The van der Waals surface area contributed by atoms with E-state index in [2.05, 4.69) is 10.6 Å². The van der Waals surface area contributed by atoms with E-state index in [-0.39, 0.29) is 48.0 Å². The zero-order valence-electron chi connectivity index (χ0n) is 16.3. The summed E-state index contributed by atoms with van der Waals surface area (Å²) in [6.45, 7) is 2.78. The number of amides is 2. The molecule has 3 aliphatic rings. The smallest absolute Gasteiger partial charge is 0.237 e. The van der Waals surface area contributed by atoms with Gasteiger partial charge in [-0.25, -0.2) is 8.78 Å². The minimum absolute atomic E-state index is 0. The number of carbonyl (C=O) groups is 2. The molecule has 2 aliphatic heterocycles. The highest BCUT2D eigenvalue weighted by Crippen LogP contribution is 2.49. The van der Waals surface area contributed by atoms with E-state index in [1.165, 1.54) is 6.07 Å². The van der Waals surface area contributed by atoms with Gasteiger partial charge in [0.25, 0.3) is 0 Å². The van der Waals surface area contributed by atoms with Crippen LogP contribution in [0.2, 0.25) is 0 Å². The van der Waals surface area contributed by atoms with Crippen LogP contribution in [-0.2, 0) is 9.59 Å². The number of nitrogens with one attached hydrogen (secondary N) is 2. The Hall–Kier alpha value is -1.73. The van der Waals surface area contributed by atoms with Crippen molar-refractivity contribution in [3.05, 3.63) is 35.4 Å². The van der Waals surface area contributed by atoms with E-state index in [9.17, 15) is 18.4 Å². The van der Waals surface area contributed by atoms with E-state index in [1.807, 2.05) is 4.90 Å². The van der Waals surface area contributed by atoms with Crippen molar-refractivity contribution in [2.24, 2.45) is 11.8 Å². The molecule has 2 heterocycles. The van der Waals surface area contributed by atoms with Crippen LogP contribution in [0.1, 0.15) is 43.6 Å². The van der Waals surface area contributed by atoms with E-state index in [4.69, 9.17) is 0 Å². The van der Waals surface area contributed by atoms with Crippen molar-refractivity contribution >= 4 is 24.2 Å². The maximum absolute atomic E-state index is 14.0. The van der Waals surface area contributed by atoms with Gasteiger partial charge in [-0.3, -0.25) is 9.59 Å². The molecule has 29 heavy (non-hydrogen) atoms. The topological polar surface area (TPSA) is 61.4 Å². The van der Waals surface area contributed by atoms with E-state index >= 15 is 0 Å². The normalized spacial score (nSPS) is 28.6. The number of likely N-dealkylation sites (tertiary alicyclic amines) is 1. The molecule has 160 valence electrons. The third-order valence-electron chi connectivity index (χ3n) is 6.24. The molecule has 1 aromatic carbocycles. The number of benzene rings is 1. The first-order valence-electron chi connectivity index (χ1n) is 10.3. The van der Waals surface area contributed by atoms with Gasteiger partial charge in [-0.2, -0.15) is 0 Å². The second-order valence-corrected chi connectivity index (χ2v) is 8.30. The molecule has 2 amide bonds. The molecule has 1 aliphatic carbocycles. The molecule has 4 unspecified atom stereocenters. The minimum atomic E-state index is -0.472. The SMILES string of the molecule is Cl.O=C(NCC1CCCN(C(=O)C2CC2c2cc(F)ccc2F)C1)C1CCCN1. The lowest BCUT2D eigenvalue weighted by Crippen LogP contribution is -2.47. The van der Waals surface area contributed by atoms with Crippen LogP contribution in [0.5, 0.6) is 0 Å². The molecular weight excluding hydrogens is 400 g/mol. The highest BCUT2D eigenvalue weighted by molar-refractivity contribution is 5.85. The Morgan fingerprint density at radius 2 is 2.03 bits per heavy atom. The van der Waals surface area contributed by atoms with Crippen LogP contribution in [0.3, 0.4) is 0 Å². The Morgan fingerprint density at radius 3 is 2.79 bits per heavy atom. The van der Waals surface area contributed by atoms with Crippen LogP contribution in [0.25, 0.3) is 0 Å². The summed E-state index contributed by atoms with van der Waals surface area (Å²) in [4.78, 5) is 26.8.